The molecule has 2 aromatic heterocycles. The molecule has 1 aliphatic carbocycles. The first kappa shape index (κ1) is 21.9. The van der Waals surface area contributed by atoms with Gasteiger partial charge in [0.25, 0.3) is 0 Å². The van der Waals surface area contributed by atoms with Crippen LogP contribution in [0.4, 0.5) is 15.9 Å². The van der Waals surface area contributed by atoms with E-state index >= 15 is 0 Å². The Hall–Kier alpha value is -3.27. The van der Waals surface area contributed by atoms with E-state index in [9.17, 15) is 19.1 Å². The average molecular weight is 459 g/mol. The van der Waals surface area contributed by atoms with E-state index in [4.69, 9.17) is 4.74 Å². The molecule has 168 valence electrons. The predicted molar refractivity (Wildman–Crippen MR) is 119 cm³/mol. The second-order valence-corrected chi connectivity index (χ2v) is 8.82. The molecule has 8 nitrogen and oxygen atoms in total. The normalized spacial score (nSPS) is 18.3. The lowest BCUT2D eigenvalue weighted by atomic mass is 9.93. The van der Waals surface area contributed by atoms with Crippen LogP contribution in [-0.4, -0.2) is 39.1 Å². The molecule has 3 N–H and O–H groups in total. The Morgan fingerprint density at radius 1 is 1.22 bits per heavy atom. The summed E-state index contributed by atoms with van der Waals surface area (Å²) < 4.78 is 20.1. The number of aromatic nitrogens is 2. The van der Waals surface area contributed by atoms with Crippen molar-refractivity contribution in [2.75, 3.05) is 5.32 Å². The van der Waals surface area contributed by atoms with Crippen molar-refractivity contribution < 1.29 is 23.8 Å². The number of carboxylic acid groups (broad SMARTS) is 1. The number of nitrogens with one attached hydrogen (secondary N) is 2. The van der Waals surface area contributed by atoms with Crippen LogP contribution < -0.4 is 15.4 Å². The van der Waals surface area contributed by atoms with E-state index in [1.54, 1.807) is 13.0 Å². The lowest BCUT2D eigenvalue weighted by molar-refractivity contribution is -0.120. The molecule has 1 aromatic carbocycles. The average Bonchev–Trinajstić information content (AvgIpc) is 3.09. The van der Waals surface area contributed by atoms with E-state index in [2.05, 4.69) is 20.6 Å². The number of benzene rings is 1. The van der Waals surface area contributed by atoms with Crippen molar-refractivity contribution in [2.45, 2.75) is 51.7 Å². The molecule has 0 unspecified atom stereocenters. The number of nitrogens with zero attached hydrogens (tertiary/aromatic N) is 2. The number of carbonyl (C=O) groups is 2. The van der Waals surface area contributed by atoms with Gasteiger partial charge in [0, 0.05) is 19.0 Å². The molecule has 0 saturated heterocycles. The Bertz CT molecular complexity index is 1170. The Morgan fingerprint density at radius 2 is 1.97 bits per heavy atom. The van der Waals surface area contributed by atoms with Crippen molar-refractivity contribution in [1.29, 1.82) is 0 Å². The fourth-order valence-corrected chi connectivity index (χ4v) is 4.97. The summed E-state index contributed by atoms with van der Waals surface area (Å²) in [5.74, 6) is -0.701. The third-order valence-corrected chi connectivity index (χ3v) is 6.68. The topological polar surface area (TPSA) is 113 Å². The number of anilines is 2. The molecule has 0 spiro atoms. The first-order valence-electron chi connectivity index (χ1n) is 10.3. The van der Waals surface area contributed by atoms with Crippen LogP contribution in [0.25, 0.3) is 10.2 Å². The number of hydrogen-bond acceptors (Lipinski definition) is 7. The standard InChI is InChI=1S/C22H23FN4O4S/c1-11-18-20(24-10-25-21(18)32-19(11)22(29)30)27-16-8-3-13(23)9-17(16)31-15-6-4-14(5-7-15)26-12(2)28/h3,8-10,14-15H,4-7H2,1-2H3,(H,26,28)(H,29,30)(H,24,25,27). The third-order valence-electron chi connectivity index (χ3n) is 5.49. The molecular weight excluding hydrogens is 435 g/mol. The number of halogens is 1. The summed E-state index contributed by atoms with van der Waals surface area (Å²) >= 11 is 1.08. The number of carbonyl (C=O) groups excluding carboxylic acids is 1. The van der Waals surface area contributed by atoms with E-state index in [1.807, 2.05) is 0 Å². The zero-order valence-electron chi connectivity index (χ0n) is 17.6. The van der Waals surface area contributed by atoms with E-state index < -0.39 is 11.8 Å². The Balaban J connectivity index is 1.57. The molecular formula is C22H23FN4O4S. The van der Waals surface area contributed by atoms with Crippen molar-refractivity contribution in [3.63, 3.8) is 0 Å². The number of fused-ring (bicyclic) bond motifs is 1. The van der Waals surface area contributed by atoms with Gasteiger partial charge in [0.05, 0.1) is 17.2 Å². The lowest BCUT2D eigenvalue weighted by Crippen LogP contribution is -2.38. The molecule has 1 aliphatic rings. The van der Waals surface area contributed by atoms with Crippen LogP contribution in [0.15, 0.2) is 24.5 Å². The molecule has 0 atom stereocenters. The van der Waals surface area contributed by atoms with E-state index in [0.29, 0.717) is 33.0 Å². The fourth-order valence-electron chi connectivity index (χ4n) is 3.99. The minimum Gasteiger partial charge on any atom is -0.488 e. The van der Waals surface area contributed by atoms with E-state index in [0.717, 1.165) is 37.0 Å². The molecule has 32 heavy (non-hydrogen) atoms. The summed E-state index contributed by atoms with van der Waals surface area (Å²) in [5, 5.41) is 16.1. The van der Waals surface area contributed by atoms with Gasteiger partial charge in [0.1, 0.15) is 33.4 Å². The summed E-state index contributed by atoms with van der Waals surface area (Å²) in [6.07, 6.45) is 4.32. The SMILES string of the molecule is CC(=O)NC1CCC(Oc2cc(F)ccc2Nc2ncnc3sc(C(=O)O)c(C)c23)CC1. The molecule has 0 bridgehead atoms. The Labute approximate surface area is 187 Å². The van der Waals surface area contributed by atoms with Gasteiger partial charge in [-0.25, -0.2) is 19.2 Å². The molecule has 2 heterocycles. The minimum absolute atomic E-state index is 0.0445. The first-order valence-corrected chi connectivity index (χ1v) is 11.1. The first-order chi connectivity index (χ1) is 15.3. The fraction of sp³-hybridized carbons (Fsp3) is 0.364. The summed E-state index contributed by atoms with van der Waals surface area (Å²) in [5.41, 5.74) is 1.10. The zero-order chi connectivity index (χ0) is 22.8. The molecule has 1 saturated carbocycles. The molecule has 0 radical (unpaired) electrons. The number of aryl methyl sites for hydroxylation is 1. The van der Waals surface area contributed by atoms with E-state index in [1.165, 1.54) is 25.4 Å². The van der Waals surface area contributed by atoms with Crippen LogP contribution in [0, 0.1) is 12.7 Å². The number of amides is 1. The predicted octanol–water partition coefficient (Wildman–Crippen LogP) is 4.41. The zero-order valence-corrected chi connectivity index (χ0v) is 18.5. The maximum atomic E-state index is 14.0. The number of rotatable bonds is 6. The second kappa shape index (κ2) is 9.07. The summed E-state index contributed by atoms with van der Waals surface area (Å²) in [4.78, 5) is 32.0. The highest BCUT2D eigenvalue weighted by Crippen LogP contribution is 2.37. The van der Waals surface area contributed by atoms with Crippen molar-refractivity contribution >= 4 is 44.9 Å². The Kier molecular flexibility index (Phi) is 6.22. The molecule has 1 fully saturated rings. The van der Waals surface area contributed by atoms with Gasteiger partial charge in [-0.15, -0.1) is 11.3 Å². The third kappa shape index (κ3) is 4.64. The second-order valence-electron chi connectivity index (χ2n) is 7.82. The van der Waals surface area contributed by atoms with Gasteiger partial charge in [-0.2, -0.15) is 0 Å². The van der Waals surface area contributed by atoms with Crippen molar-refractivity contribution in [1.82, 2.24) is 15.3 Å². The number of thiophene rings is 1. The molecule has 0 aliphatic heterocycles. The van der Waals surface area contributed by atoms with Gasteiger partial charge in [-0.05, 0) is 50.3 Å². The van der Waals surface area contributed by atoms with Gasteiger partial charge in [0.15, 0.2) is 0 Å². The van der Waals surface area contributed by atoms with Crippen molar-refractivity contribution in [3.8, 4) is 5.75 Å². The Morgan fingerprint density at radius 3 is 2.66 bits per heavy atom. The maximum Gasteiger partial charge on any atom is 0.346 e. The summed E-state index contributed by atoms with van der Waals surface area (Å²) in [6.45, 7) is 3.22. The number of aromatic carboxylic acids is 1. The lowest BCUT2D eigenvalue weighted by Gasteiger charge is -2.30. The van der Waals surface area contributed by atoms with Gasteiger partial charge in [-0.3, -0.25) is 4.79 Å². The van der Waals surface area contributed by atoms with Crippen LogP contribution >= 0.6 is 11.3 Å². The maximum absolute atomic E-state index is 14.0. The van der Waals surface area contributed by atoms with Gasteiger partial charge >= 0.3 is 5.97 Å². The number of carboxylic acids is 1. The molecule has 3 aromatic rings. The van der Waals surface area contributed by atoms with Gasteiger partial charge < -0.3 is 20.5 Å². The van der Waals surface area contributed by atoms with Gasteiger partial charge in [-0.1, -0.05) is 0 Å². The highest BCUT2D eigenvalue weighted by Gasteiger charge is 2.24. The number of hydrogen-bond donors (Lipinski definition) is 3. The van der Waals surface area contributed by atoms with Crippen LogP contribution in [0.1, 0.15) is 47.8 Å². The summed E-state index contributed by atoms with van der Waals surface area (Å²) in [7, 11) is 0. The highest BCUT2D eigenvalue weighted by atomic mass is 32.1. The molecule has 10 heteroatoms. The van der Waals surface area contributed by atoms with Crippen LogP contribution in [0.2, 0.25) is 0 Å². The quantitative estimate of drug-likeness (QED) is 0.501. The van der Waals surface area contributed by atoms with E-state index in [-0.39, 0.29) is 22.9 Å². The summed E-state index contributed by atoms with van der Waals surface area (Å²) in [6, 6.07) is 4.35. The van der Waals surface area contributed by atoms with Crippen LogP contribution in [0.5, 0.6) is 5.75 Å². The molecule has 4 rings (SSSR count). The van der Waals surface area contributed by atoms with Crippen LogP contribution in [-0.2, 0) is 4.79 Å². The largest absolute Gasteiger partial charge is 0.488 e. The highest BCUT2D eigenvalue weighted by molar-refractivity contribution is 7.20. The van der Waals surface area contributed by atoms with Crippen molar-refractivity contribution in [2.24, 2.45) is 0 Å². The molecule has 1 amide bonds. The van der Waals surface area contributed by atoms with Gasteiger partial charge in [0.2, 0.25) is 5.91 Å². The van der Waals surface area contributed by atoms with Crippen LogP contribution in [0.3, 0.4) is 0 Å². The smallest absolute Gasteiger partial charge is 0.346 e. The van der Waals surface area contributed by atoms with Crippen molar-refractivity contribution in [3.05, 3.63) is 40.8 Å². The minimum atomic E-state index is -1.02. The number of ether oxygens (including phenoxy) is 1. The monoisotopic (exact) mass is 458 g/mol.